The molecule has 0 aromatic rings. The molecule has 2 amide bonds. The minimum Gasteiger partial charge on any atom is -0.293 e. The van der Waals surface area contributed by atoms with Gasteiger partial charge in [-0.05, 0) is 12.8 Å². The quantitative estimate of drug-likeness (QED) is 0.196. The third-order valence-electron chi connectivity index (χ3n) is 2.84. The van der Waals surface area contributed by atoms with Crippen LogP contribution >= 0.6 is 0 Å². The number of amides is 2. The molecule has 0 saturated heterocycles. The van der Waals surface area contributed by atoms with Gasteiger partial charge in [-0.3, -0.25) is 20.4 Å². The molecule has 1 rings (SSSR count). The normalized spacial score (nSPS) is 19.9. The molecule has 80 valence electrons. The predicted molar refractivity (Wildman–Crippen MR) is 50.2 cm³/mol. The second-order valence-corrected chi connectivity index (χ2v) is 3.59. The number of nitrogens with one attached hydrogen (secondary N) is 2. The summed E-state index contributed by atoms with van der Waals surface area (Å²) in [6.07, 6.45) is 3.76. The summed E-state index contributed by atoms with van der Waals surface area (Å²) in [5, 5.41) is 0. The van der Waals surface area contributed by atoms with Crippen molar-refractivity contribution in [2.75, 3.05) is 0 Å². The van der Waals surface area contributed by atoms with Gasteiger partial charge in [0.15, 0.2) is 0 Å². The van der Waals surface area contributed by atoms with Crippen molar-refractivity contribution in [1.82, 2.24) is 10.9 Å². The Balaban J connectivity index is 2.87. The van der Waals surface area contributed by atoms with Crippen LogP contribution < -0.4 is 22.5 Å². The summed E-state index contributed by atoms with van der Waals surface area (Å²) in [5.41, 5.74) is 3.02. The smallest absolute Gasteiger partial charge is 0.249 e. The summed E-state index contributed by atoms with van der Waals surface area (Å²) in [5.74, 6) is 9.23. The fourth-order valence-corrected chi connectivity index (χ4v) is 1.99. The highest BCUT2D eigenvalue weighted by molar-refractivity contribution is 6.04. The van der Waals surface area contributed by atoms with Crippen LogP contribution in [0.2, 0.25) is 0 Å². The molecule has 0 aliphatic heterocycles. The van der Waals surface area contributed by atoms with Crippen molar-refractivity contribution in [3.8, 4) is 0 Å². The van der Waals surface area contributed by atoms with Crippen LogP contribution in [0.3, 0.4) is 0 Å². The lowest BCUT2D eigenvalue weighted by Crippen LogP contribution is -2.55. The lowest BCUT2D eigenvalue weighted by molar-refractivity contribution is -0.146. The van der Waals surface area contributed by atoms with Crippen molar-refractivity contribution in [3.63, 3.8) is 0 Å². The summed E-state index contributed by atoms with van der Waals surface area (Å²) in [6.45, 7) is 0. The highest BCUT2D eigenvalue weighted by atomic mass is 16.2. The van der Waals surface area contributed by atoms with Gasteiger partial charge in [-0.2, -0.15) is 0 Å². The van der Waals surface area contributed by atoms with E-state index in [4.69, 9.17) is 11.7 Å². The van der Waals surface area contributed by atoms with E-state index in [1.807, 2.05) is 10.9 Å². The summed E-state index contributed by atoms with van der Waals surface area (Å²) < 4.78 is 0. The molecule has 0 aromatic heterocycles. The molecule has 1 saturated carbocycles. The van der Waals surface area contributed by atoms with Crippen LogP contribution in [-0.2, 0) is 9.59 Å². The molecule has 1 aliphatic rings. The Morgan fingerprint density at radius 1 is 0.929 bits per heavy atom. The summed E-state index contributed by atoms with van der Waals surface area (Å²) >= 11 is 0. The van der Waals surface area contributed by atoms with Gasteiger partial charge in [0.2, 0.25) is 11.8 Å². The molecule has 6 heteroatoms. The Hall–Kier alpha value is -1.14. The fraction of sp³-hybridized carbons (Fsp3) is 0.750. The Bertz CT molecular complexity index is 217. The average molecular weight is 200 g/mol. The lowest BCUT2D eigenvalue weighted by atomic mass is 9.73. The van der Waals surface area contributed by atoms with E-state index < -0.39 is 17.2 Å². The number of carbonyl (C=O) groups excluding carboxylic acids is 2. The van der Waals surface area contributed by atoms with Gasteiger partial charge in [-0.1, -0.05) is 19.3 Å². The first-order chi connectivity index (χ1) is 6.67. The Morgan fingerprint density at radius 3 is 1.71 bits per heavy atom. The summed E-state index contributed by atoms with van der Waals surface area (Å²) in [6, 6.07) is 0. The van der Waals surface area contributed by atoms with E-state index in [0.29, 0.717) is 12.8 Å². The van der Waals surface area contributed by atoms with E-state index in [-0.39, 0.29) is 0 Å². The monoisotopic (exact) mass is 200 g/mol. The van der Waals surface area contributed by atoms with Crippen LogP contribution in [0, 0.1) is 5.41 Å². The van der Waals surface area contributed by atoms with E-state index in [1.165, 1.54) is 0 Å². The molecular formula is C8H16N4O2. The first kappa shape index (κ1) is 10.9. The molecule has 0 atom stereocenters. The van der Waals surface area contributed by atoms with Gasteiger partial charge in [0, 0.05) is 0 Å². The molecule has 0 radical (unpaired) electrons. The number of carbonyl (C=O) groups is 2. The summed E-state index contributed by atoms with van der Waals surface area (Å²) in [7, 11) is 0. The molecule has 6 N–H and O–H groups in total. The van der Waals surface area contributed by atoms with E-state index in [2.05, 4.69) is 0 Å². The van der Waals surface area contributed by atoms with E-state index in [9.17, 15) is 9.59 Å². The standard InChI is InChI=1S/C8H16N4O2/c9-11-6(13)8(7(14)12-10)4-2-1-3-5-8/h1-5,9-10H2,(H,11,13)(H,12,14). The zero-order valence-corrected chi connectivity index (χ0v) is 8.01. The first-order valence-corrected chi connectivity index (χ1v) is 4.69. The maximum Gasteiger partial charge on any atom is 0.249 e. The number of hydrazine groups is 2. The number of hydrogen-bond donors (Lipinski definition) is 4. The van der Waals surface area contributed by atoms with Crippen molar-refractivity contribution in [2.45, 2.75) is 32.1 Å². The van der Waals surface area contributed by atoms with Crippen molar-refractivity contribution < 1.29 is 9.59 Å². The highest BCUT2D eigenvalue weighted by Gasteiger charge is 2.45. The largest absolute Gasteiger partial charge is 0.293 e. The van der Waals surface area contributed by atoms with Gasteiger partial charge < -0.3 is 0 Å². The molecule has 1 aliphatic carbocycles. The van der Waals surface area contributed by atoms with E-state index >= 15 is 0 Å². The molecule has 0 bridgehead atoms. The van der Waals surface area contributed by atoms with Crippen LogP contribution in [0.4, 0.5) is 0 Å². The molecule has 6 nitrogen and oxygen atoms in total. The second kappa shape index (κ2) is 4.39. The Morgan fingerprint density at radius 2 is 1.36 bits per heavy atom. The predicted octanol–water partition coefficient (Wildman–Crippen LogP) is -1.08. The first-order valence-electron chi connectivity index (χ1n) is 4.69. The third-order valence-corrected chi connectivity index (χ3v) is 2.84. The molecule has 1 fully saturated rings. The maximum absolute atomic E-state index is 11.5. The van der Waals surface area contributed by atoms with Gasteiger partial charge >= 0.3 is 0 Å². The molecular weight excluding hydrogens is 184 g/mol. The van der Waals surface area contributed by atoms with Gasteiger partial charge in [-0.25, -0.2) is 11.7 Å². The minimum atomic E-state index is -1.05. The van der Waals surface area contributed by atoms with Crippen LogP contribution in [0.15, 0.2) is 0 Å². The topological polar surface area (TPSA) is 110 Å². The van der Waals surface area contributed by atoms with Crippen LogP contribution in [0.5, 0.6) is 0 Å². The van der Waals surface area contributed by atoms with Crippen molar-refractivity contribution in [1.29, 1.82) is 0 Å². The van der Waals surface area contributed by atoms with Gasteiger partial charge in [-0.15, -0.1) is 0 Å². The zero-order valence-electron chi connectivity index (χ0n) is 8.01. The fourth-order valence-electron chi connectivity index (χ4n) is 1.99. The Labute approximate surface area is 82.3 Å². The van der Waals surface area contributed by atoms with Crippen LogP contribution in [0.25, 0.3) is 0 Å². The highest BCUT2D eigenvalue weighted by Crippen LogP contribution is 2.36. The second-order valence-electron chi connectivity index (χ2n) is 3.59. The van der Waals surface area contributed by atoms with Crippen LogP contribution in [0.1, 0.15) is 32.1 Å². The van der Waals surface area contributed by atoms with Gasteiger partial charge in [0.05, 0.1) is 0 Å². The molecule has 14 heavy (non-hydrogen) atoms. The molecule has 0 aromatic carbocycles. The van der Waals surface area contributed by atoms with Gasteiger partial charge in [0.1, 0.15) is 5.41 Å². The Kier molecular flexibility index (Phi) is 3.43. The SMILES string of the molecule is NNC(=O)C1(C(=O)NN)CCCCC1. The molecule has 0 unspecified atom stereocenters. The lowest BCUT2D eigenvalue weighted by Gasteiger charge is -2.32. The third kappa shape index (κ3) is 1.71. The average Bonchev–Trinajstić information content (AvgIpc) is 2.27. The maximum atomic E-state index is 11.5. The summed E-state index contributed by atoms with van der Waals surface area (Å²) in [4.78, 5) is 23.1. The van der Waals surface area contributed by atoms with Gasteiger partial charge in [0.25, 0.3) is 0 Å². The van der Waals surface area contributed by atoms with Crippen molar-refractivity contribution in [3.05, 3.63) is 0 Å². The molecule has 0 spiro atoms. The van der Waals surface area contributed by atoms with E-state index in [0.717, 1.165) is 19.3 Å². The van der Waals surface area contributed by atoms with Crippen LogP contribution in [-0.4, -0.2) is 11.8 Å². The van der Waals surface area contributed by atoms with Crippen molar-refractivity contribution >= 4 is 11.8 Å². The van der Waals surface area contributed by atoms with Crippen molar-refractivity contribution in [2.24, 2.45) is 17.1 Å². The number of rotatable bonds is 2. The minimum absolute atomic E-state index is 0.444. The van der Waals surface area contributed by atoms with E-state index in [1.54, 1.807) is 0 Å². The number of nitrogens with two attached hydrogens (primary N) is 2. The zero-order chi connectivity index (χ0) is 10.6. The molecule has 0 heterocycles. The number of hydrogen-bond acceptors (Lipinski definition) is 4.